The summed E-state index contributed by atoms with van der Waals surface area (Å²) in [6.45, 7) is 1.41. The predicted octanol–water partition coefficient (Wildman–Crippen LogP) is 4.12. The first-order valence-electron chi connectivity index (χ1n) is 9.34. The van der Waals surface area contributed by atoms with Crippen LogP contribution in [-0.2, 0) is 4.79 Å². The van der Waals surface area contributed by atoms with Gasteiger partial charge in [0.15, 0.2) is 0 Å². The summed E-state index contributed by atoms with van der Waals surface area (Å²) < 4.78 is 24.2. The number of ether oxygens (including phenoxy) is 2. The van der Waals surface area contributed by atoms with Crippen molar-refractivity contribution >= 4 is 16.8 Å². The van der Waals surface area contributed by atoms with Crippen molar-refractivity contribution in [3.63, 3.8) is 0 Å². The van der Waals surface area contributed by atoms with Crippen LogP contribution in [0.15, 0.2) is 60.8 Å². The number of nitrogens with zero attached hydrogens (tertiary/aromatic N) is 1. The van der Waals surface area contributed by atoms with E-state index < -0.39 is 0 Å². The number of pyridine rings is 1. The zero-order chi connectivity index (χ0) is 19.6. The number of hydrogen-bond acceptors (Lipinski definition) is 4. The molecule has 0 aliphatic rings. The summed E-state index contributed by atoms with van der Waals surface area (Å²) in [4.78, 5) is 16.2. The maximum atomic E-state index is 13.0. The van der Waals surface area contributed by atoms with Gasteiger partial charge in [0, 0.05) is 30.6 Å². The Labute approximate surface area is 163 Å². The number of carbonyl (C=O) groups excluding carboxylic acids is 1. The van der Waals surface area contributed by atoms with Crippen molar-refractivity contribution in [1.82, 2.24) is 10.3 Å². The molecule has 0 spiro atoms. The SMILES string of the molecule is O=C(CCCOc1cccc(F)c1)NCCCOc1cccc2cccnc12. The van der Waals surface area contributed by atoms with E-state index in [1.807, 2.05) is 30.3 Å². The van der Waals surface area contributed by atoms with Gasteiger partial charge in [-0.15, -0.1) is 0 Å². The van der Waals surface area contributed by atoms with Gasteiger partial charge in [0.1, 0.15) is 22.8 Å². The molecule has 5 nitrogen and oxygen atoms in total. The lowest BCUT2D eigenvalue weighted by molar-refractivity contribution is -0.121. The first kappa shape index (κ1) is 19.6. The van der Waals surface area contributed by atoms with E-state index in [0.29, 0.717) is 44.8 Å². The second-order valence-electron chi connectivity index (χ2n) is 6.29. The van der Waals surface area contributed by atoms with Gasteiger partial charge >= 0.3 is 0 Å². The van der Waals surface area contributed by atoms with Gasteiger partial charge in [0.05, 0.1) is 13.2 Å². The van der Waals surface area contributed by atoms with Crippen molar-refractivity contribution in [3.05, 3.63) is 66.6 Å². The van der Waals surface area contributed by atoms with Gasteiger partial charge in [-0.25, -0.2) is 4.39 Å². The minimum atomic E-state index is -0.336. The third kappa shape index (κ3) is 5.94. The molecule has 146 valence electrons. The highest BCUT2D eigenvalue weighted by atomic mass is 19.1. The van der Waals surface area contributed by atoms with Crippen LogP contribution < -0.4 is 14.8 Å². The molecule has 0 unspecified atom stereocenters. The summed E-state index contributed by atoms with van der Waals surface area (Å²) >= 11 is 0. The topological polar surface area (TPSA) is 60.5 Å². The zero-order valence-corrected chi connectivity index (χ0v) is 15.6. The van der Waals surface area contributed by atoms with Crippen LogP contribution in [0, 0.1) is 5.82 Å². The maximum absolute atomic E-state index is 13.0. The number of carbonyl (C=O) groups is 1. The molecule has 2 aromatic carbocycles. The first-order chi connectivity index (χ1) is 13.7. The van der Waals surface area contributed by atoms with Crippen molar-refractivity contribution < 1.29 is 18.7 Å². The van der Waals surface area contributed by atoms with E-state index in [1.165, 1.54) is 12.1 Å². The number of nitrogens with one attached hydrogen (secondary N) is 1. The average molecular weight is 382 g/mol. The number of aromatic nitrogens is 1. The quantitative estimate of drug-likeness (QED) is 0.536. The van der Waals surface area contributed by atoms with Crippen LogP contribution in [0.1, 0.15) is 19.3 Å². The maximum Gasteiger partial charge on any atom is 0.220 e. The number of fused-ring (bicyclic) bond motifs is 1. The van der Waals surface area contributed by atoms with E-state index >= 15 is 0 Å². The fourth-order valence-corrected chi connectivity index (χ4v) is 2.74. The molecule has 6 heteroatoms. The molecule has 0 aliphatic carbocycles. The van der Waals surface area contributed by atoms with Gasteiger partial charge in [0.2, 0.25) is 5.91 Å². The lowest BCUT2D eigenvalue weighted by atomic mass is 10.2. The molecule has 0 atom stereocenters. The van der Waals surface area contributed by atoms with E-state index in [2.05, 4.69) is 10.3 Å². The molecule has 0 fully saturated rings. The van der Waals surface area contributed by atoms with E-state index in [9.17, 15) is 9.18 Å². The second kappa shape index (κ2) is 10.3. The molecule has 0 bridgehead atoms. The van der Waals surface area contributed by atoms with Crippen molar-refractivity contribution in [2.45, 2.75) is 19.3 Å². The molecule has 1 N–H and O–H groups in total. The van der Waals surface area contributed by atoms with Gasteiger partial charge in [0.25, 0.3) is 0 Å². The van der Waals surface area contributed by atoms with Gasteiger partial charge in [-0.3, -0.25) is 9.78 Å². The minimum absolute atomic E-state index is 0.0327. The number of hydrogen-bond donors (Lipinski definition) is 1. The van der Waals surface area contributed by atoms with Gasteiger partial charge < -0.3 is 14.8 Å². The van der Waals surface area contributed by atoms with E-state index in [-0.39, 0.29) is 11.7 Å². The minimum Gasteiger partial charge on any atom is -0.493 e. The van der Waals surface area contributed by atoms with E-state index in [1.54, 1.807) is 18.3 Å². The van der Waals surface area contributed by atoms with Crippen LogP contribution >= 0.6 is 0 Å². The Morgan fingerprint density at radius 2 is 1.82 bits per heavy atom. The summed E-state index contributed by atoms with van der Waals surface area (Å²) in [6.07, 6.45) is 3.38. The number of para-hydroxylation sites is 1. The highest BCUT2D eigenvalue weighted by Crippen LogP contribution is 2.22. The average Bonchev–Trinajstić information content (AvgIpc) is 2.71. The van der Waals surface area contributed by atoms with E-state index in [4.69, 9.17) is 9.47 Å². The molecule has 3 rings (SSSR count). The second-order valence-corrected chi connectivity index (χ2v) is 6.29. The fraction of sp³-hybridized carbons (Fsp3) is 0.273. The standard InChI is InChI=1S/C22H23FN2O3/c23-18-8-2-9-19(16-18)27-14-4-11-21(26)24-13-5-15-28-20-10-1-6-17-7-3-12-25-22(17)20/h1-3,6-10,12,16H,4-5,11,13-15H2,(H,24,26). The Balaban J connectivity index is 1.28. The molecular formula is C22H23FN2O3. The molecule has 28 heavy (non-hydrogen) atoms. The molecule has 0 saturated heterocycles. The largest absolute Gasteiger partial charge is 0.493 e. The third-order valence-electron chi connectivity index (χ3n) is 4.11. The Morgan fingerprint density at radius 1 is 1.00 bits per heavy atom. The number of amides is 1. The predicted molar refractivity (Wildman–Crippen MR) is 106 cm³/mol. The third-order valence-corrected chi connectivity index (χ3v) is 4.11. The summed E-state index contributed by atoms with van der Waals surface area (Å²) in [6, 6.07) is 15.7. The van der Waals surface area contributed by atoms with Crippen LogP contribution in [0.3, 0.4) is 0 Å². The Morgan fingerprint density at radius 3 is 2.71 bits per heavy atom. The molecular weight excluding hydrogens is 359 g/mol. The highest BCUT2D eigenvalue weighted by molar-refractivity contribution is 5.84. The smallest absolute Gasteiger partial charge is 0.220 e. The molecule has 0 aliphatic heterocycles. The fourth-order valence-electron chi connectivity index (χ4n) is 2.74. The Hall–Kier alpha value is -3.15. The van der Waals surface area contributed by atoms with E-state index in [0.717, 1.165) is 16.7 Å². The number of benzene rings is 2. The van der Waals surface area contributed by atoms with Crippen LogP contribution in [0.2, 0.25) is 0 Å². The van der Waals surface area contributed by atoms with Crippen LogP contribution in [0.5, 0.6) is 11.5 Å². The van der Waals surface area contributed by atoms with Crippen LogP contribution in [0.4, 0.5) is 4.39 Å². The number of halogens is 1. The normalized spacial score (nSPS) is 10.6. The van der Waals surface area contributed by atoms with Crippen molar-refractivity contribution in [2.24, 2.45) is 0 Å². The molecule has 1 amide bonds. The Bertz CT molecular complexity index is 912. The number of rotatable bonds is 10. The summed E-state index contributed by atoms with van der Waals surface area (Å²) in [7, 11) is 0. The van der Waals surface area contributed by atoms with Crippen molar-refractivity contribution in [3.8, 4) is 11.5 Å². The first-order valence-corrected chi connectivity index (χ1v) is 9.34. The summed E-state index contributed by atoms with van der Waals surface area (Å²) in [5, 5.41) is 3.90. The molecule has 0 saturated carbocycles. The van der Waals surface area contributed by atoms with Crippen molar-refractivity contribution in [2.75, 3.05) is 19.8 Å². The van der Waals surface area contributed by atoms with Crippen LogP contribution in [0.25, 0.3) is 10.9 Å². The van der Waals surface area contributed by atoms with Crippen molar-refractivity contribution in [1.29, 1.82) is 0 Å². The molecule has 0 radical (unpaired) electrons. The lowest BCUT2D eigenvalue weighted by Crippen LogP contribution is -2.25. The highest BCUT2D eigenvalue weighted by Gasteiger charge is 2.04. The summed E-state index contributed by atoms with van der Waals surface area (Å²) in [5.41, 5.74) is 0.840. The zero-order valence-electron chi connectivity index (χ0n) is 15.6. The molecule has 1 heterocycles. The van der Waals surface area contributed by atoms with Gasteiger partial charge in [-0.1, -0.05) is 24.3 Å². The molecule has 3 aromatic rings. The molecule has 1 aromatic heterocycles. The van der Waals surface area contributed by atoms with Crippen LogP contribution in [-0.4, -0.2) is 30.6 Å². The van der Waals surface area contributed by atoms with Gasteiger partial charge in [-0.05, 0) is 37.1 Å². The van der Waals surface area contributed by atoms with Gasteiger partial charge in [-0.2, -0.15) is 0 Å². The summed E-state index contributed by atoms with van der Waals surface area (Å²) in [5.74, 6) is 0.853. The monoisotopic (exact) mass is 382 g/mol. The Kier molecular flexibility index (Phi) is 7.18. The lowest BCUT2D eigenvalue weighted by Gasteiger charge is -2.09.